The van der Waals surface area contributed by atoms with E-state index in [0.717, 1.165) is 12.1 Å². The monoisotopic (exact) mass is 151 g/mol. The van der Waals surface area contributed by atoms with Gasteiger partial charge in [0.1, 0.15) is 0 Å². The molecule has 0 aliphatic rings. The van der Waals surface area contributed by atoms with Crippen LogP contribution in [0.1, 0.15) is 29.9 Å². The van der Waals surface area contributed by atoms with Gasteiger partial charge in [0.25, 0.3) is 0 Å². The minimum atomic E-state index is 0.132. The zero-order valence-electron chi connectivity index (χ0n) is 7.22. The number of carbonyl (C=O) groups is 1. The van der Waals surface area contributed by atoms with Gasteiger partial charge in [0.15, 0.2) is 5.78 Å². The molecule has 0 saturated carbocycles. The fourth-order valence-corrected chi connectivity index (χ4v) is 1.18. The molecule has 0 aromatic carbocycles. The van der Waals surface area contributed by atoms with E-state index >= 15 is 0 Å². The quantitative estimate of drug-likeness (QED) is 0.591. The summed E-state index contributed by atoms with van der Waals surface area (Å²) in [6, 6.07) is 1.95. The maximum absolute atomic E-state index is 11.0. The summed E-state index contributed by atoms with van der Waals surface area (Å²) >= 11 is 0. The first-order valence-electron chi connectivity index (χ1n) is 3.81. The van der Waals surface area contributed by atoms with Crippen molar-refractivity contribution in [2.24, 2.45) is 7.05 Å². The molecule has 2 heteroatoms. The van der Waals surface area contributed by atoms with Gasteiger partial charge in [-0.1, -0.05) is 6.92 Å². The number of rotatable bonds is 2. The summed E-state index contributed by atoms with van der Waals surface area (Å²) in [4.78, 5) is 11.0. The van der Waals surface area contributed by atoms with E-state index in [1.54, 1.807) is 6.92 Å². The van der Waals surface area contributed by atoms with Crippen molar-refractivity contribution in [3.63, 3.8) is 0 Å². The molecular weight excluding hydrogens is 138 g/mol. The largest absolute Gasteiger partial charge is 0.348 e. The summed E-state index contributed by atoms with van der Waals surface area (Å²) < 4.78 is 1.88. The van der Waals surface area contributed by atoms with Gasteiger partial charge in [-0.25, -0.2) is 0 Å². The molecule has 0 fully saturated rings. The minimum absolute atomic E-state index is 0.132. The maximum Gasteiger partial charge on any atom is 0.176 e. The Morgan fingerprint density at radius 2 is 2.27 bits per heavy atom. The van der Waals surface area contributed by atoms with E-state index in [1.165, 1.54) is 5.56 Å². The zero-order chi connectivity index (χ0) is 8.43. The van der Waals surface area contributed by atoms with Crippen molar-refractivity contribution >= 4 is 5.78 Å². The molecule has 0 aliphatic carbocycles. The first-order chi connectivity index (χ1) is 5.15. The third kappa shape index (κ3) is 1.50. The SMILES string of the molecule is CCc1cc(C(C)=O)n(C)c1. The lowest BCUT2D eigenvalue weighted by Crippen LogP contribution is -1.99. The third-order valence-corrected chi connectivity index (χ3v) is 1.83. The van der Waals surface area contributed by atoms with Crippen molar-refractivity contribution in [1.82, 2.24) is 4.57 Å². The molecule has 0 unspecified atom stereocenters. The molecule has 0 saturated heterocycles. The Morgan fingerprint density at radius 1 is 1.64 bits per heavy atom. The van der Waals surface area contributed by atoms with E-state index in [1.807, 2.05) is 23.9 Å². The maximum atomic E-state index is 11.0. The standard InChI is InChI=1S/C9H13NO/c1-4-8-5-9(7(2)11)10(3)6-8/h5-6H,4H2,1-3H3. The average Bonchev–Trinajstić information content (AvgIpc) is 2.30. The van der Waals surface area contributed by atoms with E-state index in [-0.39, 0.29) is 5.78 Å². The summed E-state index contributed by atoms with van der Waals surface area (Å²) in [7, 11) is 1.90. The molecule has 0 bridgehead atoms. The Kier molecular flexibility index (Phi) is 2.13. The molecule has 11 heavy (non-hydrogen) atoms. The van der Waals surface area contributed by atoms with Gasteiger partial charge >= 0.3 is 0 Å². The molecule has 1 aromatic rings. The van der Waals surface area contributed by atoms with E-state index in [2.05, 4.69) is 6.92 Å². The number of aryl methyl sites for hydroxylation is 2. The second-order valence-electron chi connectivity index (χ2n) is 2.75. The normalized spacial score (nSPS) is 10.1. The summed E-state index contributed by atoms with van der Waals surface area (Å²) in [5.74, 6) is 0.132. The van der Waals surface area contributed by atoms with Crippen molar-refractivity contribution in [2.75, 3.05) is 0 Å². The van der Waals surface area contributed by atoms with Crippen LogP contribution in [-0.2, 0) is 13.5 Å². The molecule has 0 atom stereocenters. The van der Waals surface area contributed by atoms with Crippen LogP contribution < -0.4 is 0 Å². The molecule has 2 nitrogen and oxygen atoms in total. The number of ketones is 1. The second kappa shape index (κ2) is 2.91. The summed E-state index contributed by atoms with van der Waals surface area (Å²) in [6.45, 7) is 3.67. The molecule has 0 aliphatic heterocycles. The molecular formula is C9H13NO. The predicted molar refractivity (Wildman–Crippen MR) is 44.8 cm³/mol. The topological polar surface area (TPSA) is 22.0 Å². The average molecular weight is 151 g/mol. The molecule has 60 valence electrons. The van der Waals surface area contributed by atoms with Crippen molar-refractivity contribution < 1.29 is 4.79 Å². The summed E-state index contributed by atoms with van der Waals surface area (Å²) in [5, 5.41) is 0. The molecule has 0 amide bonds. The number of hydrogen-bond donors (Lipinski definition) is 0. The van der Waals surface area contributed by atoms with Crippen LogP contribution >= 0.6 is 0 Å². The second-order valence-corrected chi connectivity index (χ2v) is 2.75. The van der Waals surface area contributed by atoms with Gasteiger partial charge in [-0.05, 0) is 18.1 Å². The highest BCUT2D eigenvalue weighted by Gasteiger charge is 2.04. The van der Waals surface area contributed by atoms with Crippen LogP contribution in [0.5, 0.6) is 0 Å². The van der Waals surface area contributed by atoms with Crippen LogP contribution in [0.4, 0.5) is 0 Å². The van der Waals surface area contributed by atoms with Crippen LogP contribution in [0.2, 0.25) is 0 Å². The van der Waals surface area contributed by atoms with Crippen LogP contribution in [-0.4, -0.2) is 10.4 Å². The molecule has 1 aromatic heterocycles. The van der Waals surface area contributed by atoms with Crippen LogP contribution in [0.15, 0.2) is 12.3 Å². The number of Topliss-reactive ketones (excluding diaryl/α,β-unsaturated/α-hetero) is 1. The van der Waals surface area contributed by atoms with Gasteiger partial charge in [0, 0.05) is 20.2 Å². The number of nitrogens with zero attached hydrogens (tertiary/aromatic N) is 1. The Hall–Kier alpha value is -1.05. The first-order valence-corrected chi connectivity index (χ1v) is 3.81. The fraction of sp³-hybridized carbons (Fsp3) is 0.444. The Balaban J connectivity index is 3.07. The summed E-state index contributed by atoms with van der Waals surface area (Å²) in [5.41, 5.74) is 2.01. The number of aromatic nitrogens is 1. The fourth-order valence-electron chi connectivity index (χ4n) is 1.18. The van der Waals surface area contributed by atoms with Gasteiger partial charge in [0.2, 0.25) is 0 Å². The van der Waals surface area contributed by atoms with Crippen LogP contribution in [0.25, 0.3) is 0 Å². The van der Waals surface area contributed by atoms with E-state index < -0.39 is 0 Å². The molecule has 0 N–H and O–H groups in total. The van der Waals surface area contributed by atoms with E-state index in [0.29, 0.717) is 0 Å². The van der Waals surface area contributed by atoms with Crippen molar-refractivity contribution in [3.05, 3.63) is 23.5 Å². The molecule has 0 spiro atoms. The van der Waals surface area contributed by atoms with Gasteiger partial charge in [0.05, 0.1) is 5.69 Å². The van der Waals surface area contributed by atoms with Crippen molar-refractivity contribution in [2.45, 2.75) is 20.3 Å². The zero-order valence-corrected chi connectivity index (χ0v) is 7.22. The van der Waals surface area contributed by atoms with E-state index in [9.17, 15) is 4.79 Å². The Labute approximate surface area is 66.8 Å². The van der Waals surface area contributed by atoms with Crippen molar-refractivity contribution in [1.29, 1.82) is 0 Å². The van der Waals surface area contributed by atoms with Gasteiger partial charge < -0.3 is 4.57 Å². The van der Waals surface area contributed by atoms with Crippen LogP contribution in [0, 0.1) is 0 Å². The Bertz CT molecular complexity index is 273. The Morgan fingerprint density at radius 3 is 2.55 bits per heavy atom. The van der Waals surface area contributed by atoms with Gasteiger partial charge in [-0.2, -0.15) is 0 Å². The highest BCUT2D eigenvalue weighted by molar-refractivity contribution is 5.92. The first kappa shape index (κ1) is 8.05. The number of carbonyl (C=O) groups excluding carboxylic acids is 1. The third-order valence-electron chi connectivity index (χ3n) is 1.83. The van der Waals surface area contributed by atoms with E-state index in [4.69, 9.17) is 0 Å². The minimum Gasteiger partial charge on any atom is -0.348 e. The molecule has 1 rings (SSSR count). The van der Waals surface area contributed by atoms with Crippen molar-refractivity contribution in [3.8, 4) is 0 Å². The predicted octanol–water partition coefficient (Wildman–Crippen LogP) is 1.79. The smallest absolute Gasteiger partial charge is 0.176 e. The lowest BCUT2D eigenvalue weighted by molar-refractivity contribution is 0.101. The molecule has 1 heterocycles. The number of hydrogen-bond acceptors (Lipinski definition) is 1. The highest BCUT2D eigenvalue weighted by atomic mass is 16.1. The van der Waals surface area contributed by atoms with Crippen LogP contribution in [0.3, 0.4) is 0 Å². The van der Waals surface area contributed by atoms with Gasteiger partial charge in [-0.15, -0.1) is 0 Å². The summed E-state index contributed by atoms with van der Waals surface area (Å²) in [6.07, 6.45) is 2.98. The lowest BCUT2D eigenvalue weighted by Gasteiger charge is -1.94. The highest BCUT2D eigenvalue weighted by Crippen LogP contribution is 2.07. The molecule has 0 radical (unpaired) electrons. The van der Waals surface area contributed by atoms with Gasteiger partial charge in [-0.3, -0.25) is 4.79 Å². The lowest BCUT2D eigenvalue weighted by atomic mass is 10.2.